The number of carbonyl (C=O) groups is 1. The van der Waals surface area contributed by atoms with Gasteiger partial charge in [0, 0.05) is 30.9 Å². The van der Waals surface area contributed by atoms with Gasteiger partial charge in [-0.25, -0.2) is 10.5 Å². The van der Waals surface area contributed by atoms with Crippen LogP contribution < -0.4 is 10.8 Å². The first-order valence-corrected chi connectivity index (χ1v) is 9.83. The lowest BCUT2D eigenvalue weighted by atomic mass is 10.1. The van der Waals surface area contributed by atoms with Gasteiger partial charge in [-0.1, -0.05) is 31.5 Å². The Balaban J connectivity index is 0.00000145. The number of aliphatic hydroxyl groups excluding tert-OH is 1. The number of fused-ring (bicyclic) bond motifs is 1. The topological polar surface area (TPSA) is 88.4 Å². The van der Waals surface area contributed by atoms with Crippen LogP contribution in [0.25, 0.3) is 11.0 Å². The second-order valence-corrected chi connectivity index (χ2v) is 6.46. The summed E-state index contributed by atoms with van der Waals surface area (Å²) in [7, 11) is 1.87. The van der Waals surface area contributed by atoms with Gasteiger partial charge < -0.3 is 15.0 Å². The number of carbonyl (C=O) groups excluding carboxylic acids is 1. The molecule has 0 atom stereocenters. The van der Waals surface area contributed by atoms with Crippen molar-refractivity contribution in [2.75, 3.05) is 18.5 Å². The Morgan fingerprint density at radius 2 is 2.00 bits per heavy atom. The van der Waals surface area contributed by atoms with E-state index in [4.69, 9.17) is 9.94 Å². The standard InChI is InChI=1S/C20H24N4O3.C2H6/c1-13-7-8-16(14(2)12-13)22-19-17(20(26)23-27-11-5-10-25)15-6-4-9-21-18(15)24(19)3;1-2/h4,6-9,12,22,25H,5,10-11H2,1-3H3,(H,23,26);1-2H3. The lowest BCUT2D eigenvalue weighted by molar-refractivity contribution is 0.0264. The number of hydroxylamine groups is 1. The van der Waals surface area contributed by atoms with E-state index in [1.54, 1.807) is 12.3 Å². The van der Waals surface area contributed by atoms with Gasteiger partial charge in [-0.3, -0.25) is 9.63 Å². The van der Waals surface area contributed by atoms with Crippen molar-refractivity contribution in [3.05, 3.63) is 53.2 Å². The fourth-order valence-electron chi connectivity index (χ4n) is 3.02. The summed E-state index contributed by atoms with van der Waals surface area (Å²) in [6, 6.07) is 9.76. The van der Waals surface area contributed by atoms with Crippen LogP contribution in [0, 0.1) is 13.8 Å². The van der Waals surface area contributed by atoms with Crippen molar-refractivity contribution in [3.8, 4) is 0 Å². The molecule has 7 heteroatoms. The minimum atomic E-state index is -0.362. The zero-order chi connectivity index (χ0) is 21.4. The summed E-state index contributed by atoms with van der Waals surface area (Å²) < 4.78 is 1.86. The Morgan fingerprint density at radius 3 is 2.69 bits per heavy atom. The first-order chi connectivity index (χ1) is 14.0. The molecule has 156 valence electrons. The smallest absolute Gasteiger partial charge is 0.279 e. The van der Waals surface area contributed by atoms with Gasteiger partial charge in [0.1, 0.15) is 11.5 Å². The number of nitrogens with zero attached hydrogens (tertiary/aromatic N) is 2. The van der Waals surface area contributed by atoms with E-state index in [9.17, 15) is 4.79 Å². The molecule has 0 bridgehead atoms. The molecule has 7 nitrogen and oxygen atoms in total. The zero-order valence-corrected chi connectivity index (χ0v) is 17.7. The van der Waals surface area contributed by atoms with Gasteiger partial charge in [0.15, 0.2) is 0 Å². The third kappa shape index (κ3) is 5.13. The Kier molecular flexibility index (Phi) is 8.18. The van der Waals surface area contributed by atoms with Crippen molar-refractivity contribution in [2.45, 2.75) is 34.1 Å². The van der Waals surface area contributed by atoms with E-state index in [0.29, 0.717) is 23.4 Å². The van der Waals surface area contributed by atoms with E-state index in [1.807, 2.05) is 57.5 Å². The summed E-state index contributed by atoms with van der Waals surface area (Å²) >= 11 is 0. The number of anilines is 2. The SMILES string of the molecule is CC.Cc1ccc(Nc2c(C(=O)NOCCCO)c3cccnc3n2C)c(C)c1. The van der Waals surface area contributed by atoms with Crippen molar-refractivity contribution in [1.29, 1.82) is 0 Å². The molecule has 2 heterocycles. The van der Waals surface area contributed by atoms with Crippen LogP contribution in [0.1, 0.15) is 41.8 Å². The van der Waals surface area contributed by atoms with Crippen LogP contribution in [0.15, 0.2) is 36.5 Å². The quantitative estimate of drug-likeness (QED) is 0.413. The summed E-state index contributed by atoms with van der Waals surface area (Å²) in [4.78, 5) is 22.4. The fraction of sp³-hybridized carbons (Fsp3) is 0.364. The van der Waals surface area contributed by atoms with Gasteiger partial charge in [0.25, 0.3) is 5.91 Å². The molecule has 0 aliphatic heterocycles. The molecular formula is C22H30N4O3. The van der Waals surface area contributed by atoms with Gasteiger partial charge >= 0.3 is 0 Å². The van der Waals surface area contributed by atoms with E-state index in [1.165, 1.54) is 5.56 Å². The van der Waals surface area contributed by atoms with Gasteiger partial charge in [-0.2, -0.15) is 0 Å². The first kappa shape index (κ1) is 22.4. The maximum atomic E-state index is 12.8. The molecule has 0 fully saturated rings. The molecule has 3 N–H and O–H groups in total. The zero-order valence-electron chi connectivity index (χ0n) is 17.7. The number of aromatic nitrogens is 2. The largest absolute Gasteiger partial charge is 0.396 e. The maximum absolute atomic E-state index is 12.8. The number of amides is 1. The molecule has 3 aromatic rings. The molecule has 1 amide bonds. The molecule has 29 heavy (non-hydrogen) atoms. The van der Waals surface area contributed by atoms with Crippen LogP contribution in [-0.4, -0.2) is 33.8 Å². The van der Waals surface area contributed by atoms with Crippen LogP contribution in [0.5, 0.6) is 0 Å². The molecule has 0 spiro atoms. The third-order valence-corrected chi connectivity index (χ3v) is 4.38. The predicted octanol–water partition coefficient (Wildman–Crippen LogP) is 4.00. The van der Waals surface area contributed by atoms with Gasteiger partial charge in [-0.05, 0) is 44.0 Å². The van der Waals surface area contributed by atoms with E-state index in [-0.39, 0.29) is 19.1 Å². The lowest BCUT2D eigenvalue weighted by Crippen LogP contribution is -2.25. The molecular weight excluding hydrogens is 368 g/mol. The predicted molar refractivity (Wildman–Crippen MR) is 116 cm³/mol. The molecule has 2 aromatic heterocycles. The summed E-state index contributed by atoms with van der Waals surface area (Å²) in [5.74, 6) is 0.276. The van der Waals surface area contributed by atoms with Crippen LogP contribution >= 0.6 is 0 Å². The highest BCUT2D eigenvalue weighted by molar-refractivity contribution is 6.11. The summed E-state index contributed by atoms with van der Waals surface area (Å²) in [5, 5.41) is 12.9. The number of benzene rings is 1. The van der Waals surface area contributed by atoms with E-state index in [0.717, 1.165) is 16.6 Å². The Bertz CT molecular complexity index is 966. The number of rotatable bonds is 7. The van der Waals surface area contributed by atoms with Gasteiger partial charge in [0.2, 0.25) is 0 Å². The minimum Gasteiger partial charge on any atom is -0.396 e. The van der Waals surface area contributed by atoms with Crippen molar-refractivity contribution in [2.24, 2.45) is 7.05 Å². The van der Waals surface area contributed by atoms with Crippen molar-refractivity contribution >= 4 is 28.4 Å². The molecule has 0 unspecified atom stereocenters. The van der Waals surface area contributed by atoms with Crippen LogP contribution in [0.4, 0.5) is 11.5 Å². The highest BCUT2D eigenvalue weighted by Crippen LogP contribution is 2.31. The molecule has 0 saturated carbocycles. The van der Waals surface area contributed by atoms with Crippen LogP contribution in [-0.2, 0) is 11.9 Å². The summed E-state index contributed by atoms with van der Waals surface area (Å²) in [5.41, 5.74) is 6.79. The summed E-state index contributed by atoms with van der Waals surface area (Å²) in [6.07, 6.45) is 2.15. The molecule has 0 aliphatic rings. The van der Waals surface area contributed by atoms with Crippen LogP contribution in [0.3, 0.4) is 0 Å². The highest BCUT2D eigenvalue weighted by Gasteiger charge is 2.22. The minimum absolute atomic E-state index is 0.00750. The normalized spacial score (nSPS) is 10.4. The number of hydrogen-bond donors (Lipinski definition) is 3. The second-order valence-electron chi connectivity index (χ2n) is 6.46. The molecule has 0 aliphatic carbocycles. The monoisotopic (exact) mass is 398 g/mol. The summed E-state index contributed by atoms with van der Waals surface area (Å²) in [6.45, 7) is 8.31. The third-order valence-electron chi connectivity index (χ3n) is 4.38. The highest BCUT2D eigenvalue weighted by atomic mass is 16.6. The average Bonchev–Trinajstić information content (AvgIpc) is 3.01. The lowest BCUT2D eigenvalue weighted by Gasteiger charge is -2.13. The van der Waals surface area contributed by atoms with Gasteiger partial charge in [-0.15, -0.1) is 0 Å². The number of aliphatic hydroxyl groups is 1. The van der Waals surface area contributed by atoms with Crippen molar-refractivity contribution in [1.82, 2.24) is 15.0 Å². The maximum Gasteiger partial charge on any atom is 0.279 e. The molecule has 0 saturated heterocycles. The number of hydrogen-bond acceptors (Lipinski definition) is 5. The van der Waals surface area contributed by atoms with Crippen LogP contribution in [0.2, 0.25) is 0 Å². The molecule has 3 rings (SSSR count). The van der Waals surface area contributed by atoms with E-state index < -0.39 is 0 Å². The molecule has 0 radical (unpaired) electrons. The van der Waals surface area contributed by atoms with E-state index in [2.05, 4.69) is 21.8 Å². The number of aryl methyl sites for hydroxylation is 3. The molecule has 1 aromatic carbocycles. The Morgan fingerprint density at radius 1 is 1.24 bits per heavy atom. The van der Waals surface area contributed by atoms with Gasteiger partial charge in [0.05, 0.1) is 12.2 Å². The Hall–Kier alpha value is -2.90. The van der Waals surface area contributed by atoms with Crippen molar-refractivity contribution in [3.63, 3.8) is 0 Å². The average molecular weight is 399 g/mol. The first-order valence-electron chi connectivity index (χ1n) is 9.83. The number of nitrogens with one attached hydrogen (secondary N) is 2. The van der Waals surface area contributed by atoms with Crippen molar-refractivity contribution < 1.29 is 14.7 Å². The Labute approximate surface area is 171 Å². The fourth-order valence-corrected chi connectivity index (χ4v) is 3.02. The van der Waals surface area contributed by atoms with E-state index >= 15 is 0 Å². The number of pyridine rings is 1. The second kappa shape index (κ2) is 10.6.